The number of aliphatic imine (C=N–C) groups is 1. The SMILES string of the molecule is Cc1cc(C)cc(NC(N)=NCC(Cc2ccccc2)N(C)C)c1. The predicted molar refractivity (Wildman–Crippen MR) is 104 cm³/mol. The molecule has 0 amide bonds. The van der Waals surface area contributed by atoms with E-state index in [0.29, 0.717) is 18.5 Å². The van der Waals surface area contributed by atoms with E-state index in [2.05, 4.69) is 85.6 Å². The lowest BCUT2D eigenvalue weighted by Crippen LogP contribution is -2.34. The van der Waals surface area contributed by atoms with Crippen LogP contribution in [0.1, 0.15) is 16.7 Å². The second kappa shape index (κ2) is 8.50. The largest absolute Gasteiger partial charge is 0.370 e. The van der Waals surface area contributed by atoms with E-state index >= 15 is 0 Å². The fourth-order valence-electron chi connectivity index (χ4n) is 2.73. The Hall–Kier alpha value is -2.33. The van der Waals surface area contributed by atoms with Crippen LogP contribution in [-0.4, -0.2) is 37.5 Å². The predicted octanol–water partition coefficient (Wildman–Crippen LogP) is 3.20. The molecular formula is C20H28N4. The van der Waals surface area contributed by atoms with Gasteiger partial charge in [-0.3, -0.25) is 4.99 Å². The smallest absolute Gasteiger partial charge is 0.193 e. The number of aryl methyl sites for hydroxylation is 2. The number of benzene rings is 2. The number of nitrogens with one attached hydrogen (secondary N) is 1. The molecule has 4 heteroatoms. The third kappa shape index (κ3) is 5.70. The van der Waals surface area contributed by atoms with Gasteiger partial charge in [0.2, 0.25) is 0 Å². The highest BCUT2D eigenvalue weighted by atomic mass is 15.1. The summed E-state index contributed by atoms with van der Waals surface area (Å²) in [5.41, 5.74) is 10.8. The molecule has 2 aromatic rings. The Morgan fingerprint density at radius 1 is 1.08 bits per heavy atom. The van der Waals surface area contributed by atoms with Crippen LogP contribution in [0.4, 0.5) is 5.69 Å². The van der Waals surface area contributed by atoms with Crippen LogP contribution in [0, 0.1) is 13.8 Å². The van der Waals surface area contributed by atoms with Crippen LogP contribution in [-0.2, 0) is 6.42 Å². The van der Waals surface area contributed by atoms with Crippen molar-refractivity contribution >= 4 is 11.6 Å². The molecule has 0 saturated carbocycles. The van der Waals surface area contributed by atoms with Gasteiger partial charge < -0.3 is 16.0 Å². The summed E-state index contributed by atoms with van der Waals surface area (Å²) in [6.07, 6.45) is 0.953. The zero-order valence-electron chi connectivity index (χ0n) is 15.1. The molecule has 24 heavy (non-hydrogen) atoms. The van der Waals surface area contributed by atoms with E-state index in [0.717, 1.165) is 12.1 Å². The maximum Gasteiger partial charge on any atom is 0.193 e. The van der Waals surface area contributed by atoms with E-state index in [-0.39, 0.29) is 0 Å². The average Bonchev–Trinajstić information content (AvgIpc) is 2.51. The fourth-order valence-corrected chi connectivity index (χ4v) is 2.73. The Labute approximate surface area is 145 Å². The summed E-state index contributed by atoms with van der Waals surface area (Å²) in [6.45, 7) is 4.81. The van der Waals surface area contributed by atoms with Gasteiger partial charge in [0.1, 0.15) is 0 Å². The number of hydrogen-bond acceptors (Lipinski definition) is 2. The van der Waals surface area contributed by atoms with Gasteiger partial charge in [0.05, 0.1) is 6.54 Å². The molecule has 128 valence electrons. The second-order valence-electron chi connectivity index (χ2n) is 6.53. The minimum Gasteiger partial charge on any atom is -0.370 e. The first-order valence-corrected chi connectivity index (χ1v) is 8.29. The second-order valence-corrected chi connectivity index (χ2v) is 6.53. The van der Waals surface area contributed by atoms with Crippen molar-refractivity contribution in [1.29, 1.82) is 0 Å². The summed E-state index contributed by atoms with van der Waals surface area (Å²) in [7, 11) is 4.16. The molecule has 2 rings (SSSR count). The summed E-state index contributed by atoms with van der Waals surface area (Å²) in [5.74, 6) is 0.458. The molecule has 0 aliphatic rings. The molecule has 0 radical (unpaired) electrons. The molecule has 0 spiro atoms. The van der Waals surface area contributed by atoms with E-state index in [1.165, 1.54) is 16.7 Å². The van der Waals surface area contributed by atoms with Crippen molar-refractivity contribution in [1.82, 2.24) is 4.90 Å². The molecule has 0 aromatic heterocycles. The van der Waals surface area contributed by atoms with Gasteiger partial charge in [0.25, 0.3) is 0 Å². The lowest BCUT2D eigenvalue weighted by Gasteiger charge is -2.23. The molecule has 0 fully saturated rings. The maximum absolute atomic E-state index is 6.07. The van der Waals surface area contributed by atoms with Crippen molar-refractivity contribution in [2.45, 2.75) is 26.3 Å². The zero-order valence-corrected chi connectivity index (χ0v) is 15.1. The summed E-state index contributed by atoms with van der Waals surface area (Å²) >= 11 is 0. The normalized spacial score (nSPS) is 13.1. The van der Waals surface area contributed by atoms with Crippen molar-refractivity contribution in [2.24, 2.45) is 10.7 Å². The van der Waals surface area contributed by atoms with Crippen LogP contribution in [0.5, 0.6) is 0 Å². The van der Waals surface area contributed by atoms with Crippen LogP contribution in [0.25, 0.3) is 0 Å². The number of anilines is 1. The van der Waals surface area contributed by atoms with E-state index in [1.54, 1.807) is 0 Å². The minimum absolute atomic E-state index is 0.312. The van der Waals surface area contributed by atoms with Crippen LogP contribution in [0.3, 0.4) is 0 Å². The number of likely N-dealkylation sites (N-methyl/N-ethyl adjacent to an activating group) is 1. The van der Waals surface area contributed by atoms with Crippen LogP contribution in [0.2, 0.25) is 0 Å². The van der Waals surface area contributed by atoms with Crippen molar-refractivity contribution in [2.75, 3.05) is 26.0 Å². The number of hydrogen-bond donors (Lipinski definition) is 2. The first-order chi connectivity index (χ1) is 11.4. The molecule has 1 atom stereocenters. The molecule has 0 aliphatic carbocycles. The van der Waals surface area contributed by atoms with Crippen molar-refractivity contribution in [3.05, 3.63) is 65.2 Å². The molecule has 1 unspecified atom stereocenters. The van der Waals surface area contributed by atoms with Gasteiger partial charge in [-0.05, 0) is 63.2 Å². The number of nitrogens with zero attached hydrogens (tertiary/aromatic N) is 2. The lowest BCUT2D eigenvalue weighted by atomic mass is 10.1. The van der Waals surface area contributed by atoms with Crippen LogP contribution in [0.15, 0.2) is 53.5 Å². The fraction of sp³-hybridized carbons (Fsp3) is 0.350. The van der Waals surface area contributed by atoms with Gasteiger partial charge >= 0.3 is 0 Å². The van der Waals surface area contributed by atoms with Crippen molar-refractivity contribution < 1.29 is 0 Å². The average molecular weight is 324 g/mol. The van der Waals surface area contributed by atoms with E-state index in [4.69, 9.17) is 5.73 Å². The maximum atomic E-state index is 6.07. The summed E-state index contributed by atoms with van der Waals surface area (Å²) in [6, 6.07) is 17.1. The summed E-state index contributed by atoms with van der Waals surface area (Å²) in [5, 5.41) is 3.19. The first kappa shape index (κ1) is 18.0. The number of guanidine groups is 1. The zero-order chi connectivity index (χ0) is 17.5. The third-order valence-corrected chi connectivity index (χ3v) is 4.01. The Morgan fingerprint density at radius 2 is 1.71 bits per heavy atom. The molecule has 3 N–H and O–H groups in total. The Kier molecular flexibility index (Phi) is 6.38. The van der Waals surface area contributed by atoms with E-state index in [1.807, 2.05) is 6.07 Å². The summed E-state index contributed by atoms with van der Waals surface area (Å²) < 4.78 is 0. The van der Waals surface area contributed by atoms with Crippen molar-refractivity contribution in [3.8, 4) is 0 Å². The van der Waals surface area contributed by atoms with Crippen molar-refractivity contribution in [3.63, 3.8) is 0 Å². The van der Waals surface area contributed by atoms with Gasteiger partial charge in [-0.25, -0.2) is 0 Å². The third-order valence-electron chi connectivity index (χ3n) is 4.01. The molecule has 0 heterocycles. The minimum atomic E-state index is 0.312. The molecule has 2 aromatic carbocycles. The summed E-state index contributed by atoms with van der Waals surface area (Å²) in [4.78, 5) is 6.73. The van der Waals surface area contributed by atoms with E-state index in [9.17, 15) is 0 Å². The highest BCUT2D eigenvalue weighted by molar-refractivity contribution is 5.92. The van der Waals surface area contributed by atoms with Crippen LogP contribution < -0.4 is 11.1 Å². The van der Waals surface area contributed by atoms with E-state index < -0.39 is 0 Å². The lowest BCUT2D eigenvalue weighted by molar-refractivity contribution is 0.298. The van der Waals surface area contributed by atoms with Gasteiger partial charge in [-0.15, -0.1) is 0 Å². The molecular weight excluding hydrogens is 296 g/mol. The Bertz CT molecular complexity index is 657. The highest BCUT2D eigenvalue weighted by Gasteiger charge is 2.12. The monoisotopic (exact) mass is 324 g/mol. The Balaban J connectivity index is 2.00. The molecule has 0 saturated heterocycles. The molecule has 4 nitrogen and oxygen atoms in total. The topological polar surface area (TPSA) is 53.6 Å². The Morgan fingerprint density at radius 3 is 2.29 bits per heavy atom. The van der Waals surface area contributed by atoms with Gasteiger partial charge in [0.15, 0.2) is 5.96 Å². The van der Waals surface area contributed by atoms with Gasteiger partial charge in [-0.2, -0.15) is 0 Å². The first-order valence-electron chi connectivity index (χ1n) is 8.29. The molecule has 0 aliphatic heterocycles. The van der Waals surface area contributed by atoms with Gasteiger partial charge in [-0.1, -0.05) is 36.4 Å². The van der Waals surface area contributed by atoms with Crippen LogP contribution >= 0.6 is 0 Å². The standard InChI is InChI=1S/C20H28N4/c1-15-10-16(2)12-18(11-15)23-20(21)22-14-19(24(3)4)13-17-8-6-5-7-9-17/h5-12,19H,13-14H2,1-4H3,(H3,21,22,23). The number of rotatable bonds is 6. The van der Waals surface area contributed by atoms with Gasteiger partial charge in [0, 0.05) is 11.7 Å². The molecule has 0 bridgehead atoms. The quantitative estimate of drug-likeness (QED) is 0.634. The highest BCUT2D eigenvalue weighted by Crippen LogP contribution is 2.13. The number of nitrogens with two attached hydrogens (primary N) is 1.